The van der Waals surface area contributed by atoms with Crippen molar-refractivity contribution in [1.82, 2.24) is 14.7 Å². The Kier molecular flexibility index (Phi) is 3.94. The molecule has 0 aliphatic rings. The van der Waals surface area contributed by atoms with Gasteiger partial charge in [0.2, 0.25) is 10.0 Å². The smallest absolute Gasteiger partial charge is 0.250 e. The van der Waals surface area contributed by atoms with Crippen molar-refractivity contribution in [2.45, 2.75) is 10.8 Å². The van der Waals surface area contributed by atoms with Gasteiger partial charge in [0.25, 0.3) is 0 Å². The number of hydrogen-bond donors (Lipinski definition) is 2. The molecule has 0 fully saturated rings. The van der Waals surface area contributed by atoms with Crippen LogP contribution in [0.25, 0.3) is 11.0 Å². The summed E-state index contributed by atoms with van der Waals surface area (Å²) >= 11 is 12.5. The Morgan fingerprint density at radius 1 is 1.33 bits per heavy atom. The number of halogens is 2. The highest BCUT2D eigenvalue weighted by molar-refractivity contribution is 7.91. The zero-order chi connectivity index (χ0) is 15.0. The van der Waals surface area contributed by atoms with Crippen molar-refractivity contribution in [3.05, 3.63) is 45.5 Å². The van der Waals surface area contributed by atoms with Crippen LogP contribution in [0.4, 0.5) is 0 Å². The summed E-state index contributed by atoms with van der Waals surface area (Å²) in [6, 6.07) is 4.97. The molecule has 0 saturated carbocycles. The van der Waals surface area contributed by atoms with Gasteiger partial charge in [-0.25, -0.2) is 18.1 Å². The lowest BCUT2D eigenvalue weighted by Crippen LogP contribution is -2.22. The molecule has 0 aliphatic heterocycles. The van der Waals surface area contributed by atoms with Gasteiger partial charge in [-0.3, -0.25) is 0 Å². The van der Waals surface area contributed by atoms with Gasteiger partial charge >= 0.3 is 0 Å². The number of nitrogens with zero attached hydrogens (tertiary/aromatic N) is 1. The van der Waals surface area contributed by atoms with Crippen LogP contribution in [0.15, 0.2) is 34.8 Å². The lowest BCUT2D eigenvalue weighted by atomic mass is 10.2. The summed E-state index contributed by atoms with van der Waals surface area (Å²) < 4.78 is 27.3. The molecule has 0 amide bonds. The van der Waals surface area contributed by atoms with Gasteiger partial charge in [-0.1, -0.05) is 23.2 Å². The maximum Gasteiger partial charge on any atom is 0.250 e. The molecule has 0 radical (unpaired) electrons. The zero-order valence-electron chi connectivity index (χ0n) is 10.4. The van der Waals surface area contributed by atoms with Crippen LogP contribution in [0.3, 0.4) is 0 Å². The Hall–Kier alpha value is -1.12. The molecular weight excluding hydrogens is 353 g/mol. The standard InChI is InChI=1S/C12H9Cl2N3O2S2/c13-9-5-10(20-11(9)14)21(18,19)17-6-7-1-3-15-12-8(7)2-4-16-12/h1-5,17H,6H2,(H,15,16). The number of rotatable bonds is 4. The first-order valence-corrected chi connectivity index (χ1v) is 8.88. The molecule has 3 rings (SSSR count). The van der Waals surface area contributed by atoms with Gasteiger partial charge < -0.3 is 4.98 Å². The van der Waals surface area contributed by atoms with E-state index < -0.39 is 10.0 Å². The third-order valence-corrected chi connectivity index (χ3v) is 6.63. The van der Waals surface area contributed by atoms with Crippen LogP contribution in [-0.4, -0.2) is 18.4 Å². The summed E-state index contributed by atoms with van der Waals surface area (Å²) in [5.41, 5.74) is 1.55. The molecule has 3 aromatic heterocycles. The number of thiophene rings is 1. The van der Waals surface area contributed by atoms with E-state index in [-0.39, 0.29) is 20.1 Å². The Bertz CT molecular complexity index is 883. The minimum atomic E-state index is -3.64. The number of hydrogen-bond acceptors (Lipinski definition) is 4. The van der Waals surface area contributed by atoms with E-state index in [1.54, 1.807) is 18.5 Å². The second-order valence-electron chi connectivity index (χ2n) is 4.22. The average molecular weight is 362 g/mol. The Balaban J connectivity index is 1.85. The fourth-order valence-corrected chi connectivity index (χ4v) is 4.81. The van der Waals surface area contributed by atoms with Crippen molar-refractivity contribution in [2.75, 3.05) is 0 Å². The van der Waals surface area contributed by atoms with Gasteiger partial charge in [-0.15, -0.1) is 11.3 Å². The van der Waals surface area contributed by atoms with E-state index in [0.717, 1.165) is 22.3 Å². The summed E-state index contributed by atoms with van der Waals surface area (Å²) in [5, 5.41) is 1.11. The first-order chi connectivity index (χ1) is 9.97. The van der Waals surface area contributed by atoms with Gasteiger partial charge in [-0.2, -0.15) is 0 Å². The van der Waals surface area contributed by atoms with Gasteiger partial charge in [0.15, 0.2) is 0 Å². The highest BCUT2D eigenvalue weighted by Gasteiger charge is 2.19. The number of H-pyrrole nitrogens is 1. The molecule has 2 N–H and O–H groups in total. The van der Waals surface area contributed by atoms with Crippen molar-refractivity contribution in [3.63, 3.8) is 0 Å². The number of fused-ring (bicyclic) bond motifs is 1. The number of pyridine rings is 1. The first kappa shape index (κ1) is 14.8. The molecule has 5 nitrogen and oxygen atoms in total. The van der Waals surface area contributed by atoms with Crippen LogP contribution >= 0.6 is 34.5 Å². The molecule has 110 valence electrons. The fourth-order valence-electron chi connectivity index (χ4n) is 1.88. The number of nitrogens with one attached hydrogen (secondary N) is 2. The van der Waals surface area contributed by atoms with Gasteiger partial charge in [-0.05, 0) is 23.8 Å². The van der Waals surface area contributed by atoms with E-state index in [4.69, 9.17) is 23.2 Å². The van der Waals surface area contributed by atoms with Gasteiger partial charge in [0, 0.05) is 24.3 Å². The van der Waals surface area contributed by atoms with Crippen LogP contribution in [0, 0.1) is 0 Å². The molecule has 0 spiro atoms. The second-order valence-corrected chi connectivity index (χ2v) is 8.28. The van der Waals surface area contributed by atoms with Crippen LogP contribution in [0.2, 0.25) is 9.36 Å². The zero-order valence-corrected chi connectivity index (χ0v) is 13.6. The quantitative estimate of drug-likeness (QED) is 0.747. The summed E-state index contributed by atoms with van der Waals surface area (Å²) in [6.07, 6.45) is 3.38. The molecule has 3 aromatic rings. The van der Waals surface area contributed by atoms with Crippen molar-refractivity contribution < 1.29 is 8.42 Å². The molecule has 0 unspecified atom stereocenters. The molecule has 0 aromatic carbocycles. The van der Waals surface area contributed by atoms with Crippen molar-refractivity contribution in [3.8, 4) is 0 Å². The topological polar surface area (TPSA) is 74.8 Å². The lowest BCUT2D eigenvalue weighted by molar-refractivity contribution is 0.583. The molecule has 0 saturated heterocycles. The maximum atomic E-state index is 12.2. The molecule has 0 bridgehead atoms. The van der Waals surface area contributed by atoms with E-state index in [1.807, 2.05) is 6.07 Å². The molecule has 0 aliphatic carbocycles. The summed E-state index contributed by atoms with van der Waals surface area (Å²) in [7, 11) is -3.64. The third kappa shape index (κ3) is 2.93. The predicted octanol–water partition coefficient (Wildman–Crippen LogP) is 3.41. The summed E-state index contributed by atoms with van der Waals surface area (Å²) in [5.74, 6) is 0. The lowest BCUT2D eigenvalue weighted by Gasteiger charge is -2.05. The van der Waals surface area contributed by atoms with Crippen molar-refractivity contribution >= 4 is 55.6 Å². The van der Waals surface area contributed by atoms with E-state index in [1.165, 1.54) is 6.07 Å². The summed E-state index contributed by atoms with van der Waals surface area (Å²) in [6.45, 7) is 0.159. The van der Waals surface area contributed by atoms with Crippen molar-refractivity contribution in [2.24, 2.45) is 0 Å². The highest BCUT2D eigenvalue weighted by atomic mass is 35.5. The van der Waals surface area contributed by atoms with Crippen LogP contribution < -0.4 is 4.72 Å². The molecule has 3 heterocycles. The normalized spacial score (nSPS) is 12.1. The number of sulfonamides is 1. The monoisotopic (exact) mass is 361 g/mol. The average Bonchev–Trinajstić information content (AvgIpc) is 3.04. The van der Waals surface area contributed by atoms with E-state index in [2.05, 4.69) is 14.7 Å². The third-order valence-electron chi connectivity index (χ3n) is 2.89. The van der Waals surface area contributed by atoms with Gasteiger partial charge in [0.1, 0.15) is 14.2 Å². The van der Waals surface area contributed by atoms with Crippen LogP contribution in [0.1, 0.15) is 5.56 Å². The van der Waals surface area contributed by atoms with Crippen LogP contribution in [-0.2, 0) is 16.6 Å². The van der Waals surface area contributed by atoms with Crippen LogP contribution in [0.5, 0.6) is 0 Å². The first-order valence-electron chi connectivity index (χ1n) is 5.83. The fraction of sp³-hybridized carbons (Fsp3) is 0.0833. The van der Waals surface area contributed by atoms with Crippen molar-refractivity contribution in [1.29, 1.82) is 0 Å². The van der Waals surface area contributed by atoms with Gasteiger partial charge in [0.05, 0.1) is 5.02 Å². The largest absolute Gasteiger partial charge is 0.346 e. The van der Waals surface area contributed by atoms with E-state index >= 15 is 0 Å². The molecule has 21 heavy (non-hydrogen) atoms. The predicted molar refractivity (Wildman–Crippen MR) is 84.5 cm³/mol. The minimum Gasteiger partial charge on any atom is -0.346 e. The Labute approximate surface area is 135 Å². The molecular formula is C12H9Cl2N3O2S2. The number of aromatic nitrogens is 2. The molecule has 0 atom stereocenters. The molecule has 9 heteroatoms. The maximum absolute atomic E-state index is 12.2. The Morgan fingerprint density at radius 3 is 2.86 bits per heavy atom. The van der Waals surface area contributed by atoms with E-state index in [9.17, 15) is 8.42 Å². The number of aromatic amines is 1. The summed E-state index contributed by atoms with van der Waals surface area (Å²) in [4.78, 5) is 7.13. The highest BCUT2D eigenvalue weighted by Crippen LogP contribution is 2.34. The Morgan fingerprint density at radius 2 is 2.14 bits per heavy atom. The SMILES string of the molecule is O=S(=O)(NCc1ccnc2[nH]ccc12)c1cc(Cl)c(Cl)s1. The minimum absolute atomic E-state index is 0.0943. The van der Waals surface area contributed by atoms with E-state index in [0.29, 0.717) is 5.65 Å². The second kappa shape index (κ2) is 5.58.